The number of carbonyl (C=O) groups is 2. The molecular weight excluding hydrogens is 176 g/mol. The first kappa shape index (κ1) is 11.3. The molecule has 0 heterocycles. The van der Waals surface area contributed by atoms with Crippen LogP contribution in [0.15, 0.2) is 11.9 Å². The zero-order valence-corrected chi connectivity index (χ0v) is 6.93. The van der Waals surface area contributed by atoms with E-state index in [1.807, 2.05) is 0 Å². The van der Waals surface area contributed by atoms with Crippen molar-refractivity contribution >= 4 is 11.9 Å². The molecule has 0 saturated heterocycles. The molecule has 0 aromatic heterocycles. The smallest absolute Gasteiger partial charge is 0.307 e. The first-order valence-electron chi connectivity index (χ1n) is 3.59. The Morgan fingerprint density at radius 2 is 1.85 bits per heavy atom. The summed E-state index contributed by atoms with van der Waals surface area (Å²) in [5.41, 5.74) is 10.1. The normalized spacial score (nSPS) is 11.7. The highest BCUT2D eigenvalue weighted by atomic mass is 16.4. The number of hydrogen-bond acceptors (Lipinski definition) is 4. The van der Waals surface area contributed by atoms with Crippen molar-refractivity contribution in [1.29, 1.82) is 0 Å². The van der Waals surface area contributed by atoms with Crippen molar-refractivity contribution in [2.45, 2.75) is 12.8 Å². The van der Waals surface area contributed by atoms with Crippen LogP contribution in [0.5, 0.6) is 0 Å². The van der Waals surface area contributed by atoms with E-state index in [1.54, 1.807) is 0 Å². The molecule has 0 aromatic rings. The highest BCUT2D eigenvalue weighted by molar-refractivity contribution is 5.77. The molecule has 0 radical (unpaired) electrons. The average molecular weight is 188 g/mol. The maximum atomic E-state index is 10.5. The summed E-state index contributed by atoms with van der Waals surface area (Å²) >= 11 is 0. The lowest BCUT2D eigenvalue weighted by Gasteiger charge is -2.05. The summed E-state index contributed by atoms with van der Waals surface area (Å²) in [7, 11) is 0. The van der Waals surface area contributed by atoms with E-state index in [9.17, 15) is 9.59 Å². The van der Waals surface area contributed by atoms with E-state index < -0.39 is 24.3 Å². The summed E-state index contributed by atoms with van der Waals surface area (Å²) in [6.07, 6.45) is 0.894. The van der Waals surface area contributed by atoms with Gasteiger partial charge in [0.1, 0.15) is 0 Å². The van der Waals surface area contributed by atoms with E-state index in [1.165, 1.54) is 6.08 Å². The van der Waals surface area contributed by atoms with E-state index in [2.05, 4.69) is 0 Å². The average Bonchev–Trinajstić information content (AvgIpc) is 1.96. The van der Waals surface area contributed by atoms with Crippen LogP contribution in [-0.4, -0.2) is 22.2 Å². The Morgan fingerprint density at radius 3 is 2.15 bits per heavy atom. The Kier molecular flexibility index (Phi) is 4.36. The largest absolute Gasteiger partial charge is 0.481 e. The quantitative estimate of drug-likeness (QED) is 0.452. The van der Waals surface area contributed by atoms with Gasteiger partial charge < -0.3 is 21.7 Å². The fourth-order valence-electron chi connectivity index (χ4n) is 0.761. The number of carboxylic acids is 2. The molecule has 1 unspecified atom stereocenters. The molecule has 6 heteroatoms. The van der Waals surface area contributed by atoms with Crippen LogP contribution < -0.4 is 11.5 Å². The molecule has 0 aliphatic rings. The van der Waals surface area contributed by atoms with Gasteiger partial charge in [0.2, 0.25) is 0 Å². The molecule has 13 heavy (non-hydrogen) atoms. The molecule has 0 aliphatic carbocycles. The van der Waals surface area contributed by atoms with E-state index >= 15 is 0 Å². The van der Waals surface area contributed by atoms with Crippen LogP contribution in [0, 0.1) is 5.92 Å². The zero-order valence-electron chi connectivity index (χ0n) is 6.93. The molecule has 0 aromatic carbocycles. The minimum absolute atomic E-state index is 0.00311. The Bertz CT molecular complexity index is 233. The number of rotatable bonds is 5. The van der Waals surface area contributed by atoms with Crippen LogP contribution in [0.4, 0.5) is 0 Å². The van der Waals surface area contributed by atoms with Crippen LogP contribution in [0.2, 0.25) is 0 Å². The van der Waals surface area contributed by atoms with Crippen molar-refractivity contribution < 1.29 is 19.8 Å². The molecule has 0 saturated carbocycles. The maximum absolute atomic E-state index is 10.5. The molecule has 0 rings (SSSR count). The van der Waals surface area contributed by atoms with Gasteiger partial charge in [-0.3, -0.25) is 9.59 Å². The van der Waals surface area contributed by atoms with Crippen LogP contribution >= 0.6 is 0 Å². The topological polar surface area (TPSA) is 127 Å². The minimum Gasteiger partial charge on any atom is -0.481 e. The molecule has 0 bridgehead atoms. The lowest BCUT2D eigenvalue weighted by molar-refractivity contribution is -0.148. The van der Waals surface area contributed by atoms with E-state index in [-0.39, 0.29) is 12.2 Å². The molecule has 6 N–H and O–H groups in total. The Morgan fingerprint density at radius 1 is 1.31 bits per heavy atom. The molecular formula is C7H12N2O4. The third-order valence-electron chi connectivity index (χ3n) is 1.41. The molecule has 74 valence electrons. The SMILES string of the molecule is NC(N)=CCC(CC(=O)O)C(=O)O. The highest BCUT2D eigenvalue weighted by Gasteiger charge is 2.19. The standard InChI is InChI=1S/C7H12N2O4/c8-5(9)2-1-4(7(12)13)3-6(10)11/h2,4H,1,3,8-9H2,(H,10,11)(H,12,13). The Hall–Kier alpha value is -1.72. The third kappa shape index (κ3) is 5.54. The van der Waals surface area contributed by atoms with Gasteiger partial charge in [-0.1, -0.05) is 0 Å². The number of carboxylic acid groups (broad SMARTS) is 2. The summed E-state index contributed by atoms with van der Waals surface area (Å²) in [6.45, 7) is 0. The monoisotopic (exact) mass is 188 g/mol. The first-order chi connectivity index (χ1) is 5.93. The van der Waals surface area contributed by atoms with Crippen molar-refractivity contribution in [2.24, 2.45) is 17.4 Å². The predicted octanol–water partition coefficient (Wildman–Crippen LogP) is -0.689. The second kappa shape index (κ2) is 5.02. The number of aliphatic carboxylic acids is 2. The van der Waals surface area contributed by atoms with E-state index in [4.69, 9.17) is 21.7 Å². The second-order valence-corrected chi connectivity index (χ2v) is 2.57. The Balaban J connectivity index is 4.19. The lowest BCUT2D eigenvalue weighted by Crippen LogP contribution is -2.18. The van der Waals surface area contributed by atoms with Gasteiger partial charge in [-0.2, -0.15) is 0 Å². The fourth-order valence-corrected chi connectivity index (χ4v) is 0.761. The van der Waals surface area contributed by atoms with Crippen LogP contribution in [0.3, 0.4) is 0 Å². The van der Waals surface area contributed by atoms with Crippen LogP contribution in [0.25, 0.3) is 0 Å². The summed E-state index contributed by atoms with van der Waals surface area (Å²) < 4.78 is 0. The Labute approximate surface area is 74.8 Å². The van der Waals surface area contributed by atoms with Gasteiger partial charge in [0.15, 0.2) is 0 Å². The van der Waals surface area contributed by atoms with Crippen molar-refractivity contribution in [3.05, 3.63) is 11.9 Å². The number of allylic oxidation sites excluding steroid dienone is 1. The van der Waals surface area contributed by atoms with Gasteiger partial charge in [0, 0.05) is 0 Å². The van der Waals surface area contributed by atoms with Gasteiger partial charge in [-0.15, -0.1) is 0 Å². The van der Waals surface area contributed by atoms with E-state index in [0.717, 1.165) is 0 Å². The maximum Gasteiger partial charge on any atom is 0.307 e. The van der Waals surface area contributed by atoms with Crippen molar-refractivity contribution in [3.63, 3.8) is 0 Å². The van der Waals surface area contributed by atoms with Crippen molar-refractivity contribution in [1.82, 2.24) is 0 Å². The number of hydrogen-bond donors (Lipinski definition) is 4. The first-order valence-corrected chi connectivity index (χ1v) is 3.59. The zero-order chi connectivity index (χ0) is 10.4. The fraction of sp³-hybridized carbons (Fsp3) is 0.429. The number of nitrogens with two attached hydrogens (primary N) is 2. The van der Waals surface area contributed by atoms with Crippen molar-refractivity contribution in [2.75, 3.05) is 0 Å². The summed E-state index contributed by atoms with van der Waals surface area (Å²) in [5.74, 6) is -3.30. The molecule has 0 spiro atoms. The van der Waals surface area contributed by atoms with E-state index in [0.29, 0.717) is 0 Å². The van der Waals surface area contributed by atoms with Gasteiger partial charge >= 0.3 is 11.9 Å². The van der Waals surface area contributed by atoms with Gasteiger partial charge in [0.25, 0.3) is 0 Å². The summed E-state index contributed by atoms with van der Waals surface area (Å²) in [5, 5.41) is 16.9. The molecule has 6 nitrogen and oxygen atoms in total. The van der Waals surface area contributed by atoms with Crippen LogP contribution in [-0.2, 0) is 9.59 Å². The second-order valence-electron chi connectivity index (χ2n) is 2.57. The molecule has 0 aliphatic heterocycles. The third-order valence-corrected chi connectivity index (χ3v) is 1.41. The summed E-state index contributed by atoms with van der Waals surface area (Å²) in [4.78, 5) is 20.7. The highest BCUT2D eigenvalue weighted by Crippen LogP contribution is 2.09. The van der Waals surface area contributed by atoms with Gasteiger partial charge in [0.05, 0.1) is 18.2 Å². The van der Waals surface area contributed by atoms with Gasteiger partial charge in [-0.25, -0.2) is 0 Å². The molecule has 0 fully saturated rings. The van der Waals surface area contributed by atoms with Crippen molar-refractivity contribution in [3.8, 4) is 0 Å². The van der Waals surface area contributed by atoms with Gasteiger partial charge in [-0.05, 0) is 12.5 Å². The summed E-state index contributed by atoms with van der Waals surface area (Å²) in [6, 6.07) is 0. The minimum atomic E-state index is -1.17. The molecule has 0 amide bonds. The lowest BCUT2D eigenvalue weighted by atomic mass is 10.0. The molecule has 1 atom stereocenters. The predicted molar refractivity (Wildman–Crippen MR) is 44.5 cm³/mol. The van der Waals surface area contributed by atoms with Crippen LogP contribution in [0.1, 0.15) is 12.8 Å².